The first-order valence-corrected chi connectivity index (χ1v) is 10.4. The van der Waals surface area contributed by atoms with Gasteiger partial charge in [-0.1, -0.05) is 5.16 Å². The third kappa shape index (κ3) is 2.74. The van der Waals surface area contributed by atoms with Crippen LogP contribution in [0.15, 0.2) is 26.9 Å². The summed E-state index contributed by atoms with van der Waals surface area (Å²) < 4.78 is 4.84. The van der Waals surface area contributed by atoms with Crippen molar-refractivity contribution in [2.24, 2.45) is 16.8 Å². The SMILES string of the molecule is CO/N=C1/CN(c2cc3c(cc2N)c(=O)c2c(=O)[nH]sc2n3C2CC2)CC1CN. The Morgan fingerprint density at radius 3 is 2.83 bits per heavy atom. The number of benzene rings is 1. The van der Waals surface area contributed by atoms with Gasteiger partial charge in [-0.15, -0.1) is 0 Å². The molecule has 1 saturated heterocycles. The Kier molecular flexibility index (Phi) is 4.14. The van der Waals surface area contributed by atoms with Crippen molar-refractivity contribution in [2.75, 3.05) is 37.4 Å². The van der Waals surface area contributed by atoms with Crippen molar-refractivity contribution in [1.82, 2.24) is 8.94 Å². The molecule has 3 heterocycles. The minimum absolute atomic E-state index is 0.0908. The maximum Gasteiger partial charge on any atom is 0.271 e. The van der Waals surface area contributed by atoms with Crippen molar-refractivity contribution in [3.8, 4) is 0 Å². The molecule has 1 aromatic carbocycles. The van der Waals surface area contributed by atoms with Crippen LogP contribution in [-0.4, -0.2) is 41.4 Å². The summed E-state index contributed by atoms with van der Waals surface area (Å²) in [7, 11) is 1.52. The second-order valence-electron chi connectivity index (χ2n) is 7.65. The Bertz CT molecular complexity index is 1270. The van der Waals surface area contributed by atoms with Crippen LogP contribution in [0.25, 0.3) is 21.1 Å². The topological polar surface area (TPSA) is 132 Å². The van der Waals surface area contributed by atoms with Crippen molar-refractivity contribution in [3.05, 3.63) is 32.7 Å². The maximum atomic E-state index is 13.0. The van der Waals surface area contributed by atoms with Gasteiger partial charge < -0.3 is 25.8 Å². The van der Waals surface area contributed by atoms with Crippen molar-refractivity contribution in [1.29, 1.82) is 0 Å². The van der Waals surface area contributed by atoms with Gasteiger partial charge in [0, 0.05) is 30.4 Å². The molecule has 1 aliphatic heterocycles. The van der Waals surface area contributed by atoms with Crippen LogP contribution >= 0.6 is 11.5 Å². The lowest BCUT2D eigenvalue weighted by Crippen LogP contribution is -2.24. The van der Waals surface area contributed by atoms with E-state index in [9.17, 15) is 9.59 Å². The Balaban J connectivity index is 1.73. The highest BCUT2D eigenvalue weighted by Gasteiger charge is 2.32. The van der Waals surface area contributed by atoms with Crippen LogP contribution in [0.1, 0.15) is 18.9 Å². The highest BCUT2D eigenvalue weighted by Crippen LogP contribution is 2.41. The zero-order valence-corrected chi connectivity index (χ0v) is 16.8. The molecule has 3 aromatic rings. The molecule has 1 aliphatic carbocycles. The van der Waals surface area contributed by atoms with E-state index >= 15 is 0 Å². The lowest BCUT2D eigenvalue weighted by atomic mass is 10.1. The summed E-state index contributed by atoms with van der Waals surface area (Å²) in [6.45, 7) is 1.72. The van der Waals surface area contributed by atoms with Crippen LogP contribution in [0.5, 0.6) is 0 Å². The van der Waals surface area contributed by atoms with E-state index in [1.165, 1.54) is 18.6 Å². The van der Waals surface area contributed by atoms with Crippen molar-refractivity contribution >= 4 is 49.7 Å². The predicted molar refractivity (Wildman–Crippen MR) is 116 cm³/mol. The molecule has 152 valence electrons. The summed E-state index contributed by atoms with van der Waals surface area (Å²) in [5.41, 5.74) is 14.7. The summed E-state index contributed by atoms with van der Waals surface area (Å²) in [5, 5.41) is 4.82. The maximum absolute atomic E-state index is 13.0. The second kappa shape index (κ2) is 6.60. The normalized spacial score (nSPS) is 21.0. The molecule has 5 rings (SSSR count). The smallest absolute Gasteiger partial charge is 0.271 e. The summed E-state index contributed by atoms with van der Waals surface area (Å²) in [4.78, 5) is 33.1. The summed E-state index contributed by atoms with van der Waals surface area (Å²) in [6, 6.07) is 3.97. The van der Waals surface area contributed by atoms with Gasteiger partial charge in [0.25, 0.3) is 5.56 Å². The Labute approximate surface area is 169 Å². The van der Waals surface area contributed by atoms with Gasteiger partial charge >= 0.3 is 0 Å². The molecule has 0 radical (unpaired) electrons. The first kappa shape index (κ1) is 18.2. The third-order valence-electron chi connectivity index (χ3n) is 5.79. The minimum atomic E-state index is -0.334. The number of nitrogens with two attached hydrogens (primary N) is 2. The highest BCUT2D eigenvalue weighted by atomic mass is 32.1. The van der Waals surface area contributed by atoms with E-state index in [2.05, 4.69) is 19.0 Å². The molecule has 2 fully saturated rings. The highest BCUT2D eigenvalue weighted by molar-refractivity contribution is 7.12. The molecule has 2 aromatic heterocycles. The summed E-state index contributed by atoms with van der Waals surface area (Å²) in [5.74, 6) is 0.0908. The number of nitrogen functional groups attached to an aromatic ring is 1. The molecule has 0 spiro atoms. The number of aromatic amines is 1. The lowest BCUT2D eigenvalue weighted by Gasteiger charge is -2.22. The monoisotopic (exact) mass is 414 g/mol. The fourth-order valence-corrected chi connectivity index (χ4v) is 5.15. The second-order valence-corrected chi connectivity index (χ2v) is 8.45. The fourth-order valence-electron chi connectivity index (χ4n) is 4.23. The van der Waals surface area contributed by atoms with Gasteiger partial charge in [0.15, 0.2) is 0 Å². The molecule has 5 N–H and O–H groups in total. The van der Waals surface area contributed by atoms with Gasteiger partial charge in [0.05, 0.1) is 29.1 Å². The van der Waals surface area contributed by atoms with Gasteiger partial charge in [0.1, 0.15) is 17.3 Å². The number of hydrogen-bond donors (Lipinski definition) is 3. The quantitative estimate of drug-likeness (QED) is 0.434. The summed E-state index contributed by atoms with van der Waals surface area (Å²) >= 11 is 1.22. The Hall–Kier alpha value is -2.85. The van der Waals surface area contributed by atoms with Gasteiger partial charge in [-0.2, -0.15) is 0 Å². The number of oxime groups is 1. The van der Waals surface area contributed by atoms with Crippen LogP contribution in [0, 0.1) is 5.92 Å². The molecular weight excluding hydrogens is 392 g/mol. The van der Waals surface area contributed by atoms with E-state index in [1.54, 1.807) is 6.07 Å². The van der Waals surface area contributed by atoms with Crippen LogP contribution in [0.4, 0.5) is 11.4 Å². The van der Waals surface area contributed by atoms with Gasteiger partial charge in [-0.25, -0.2) is 0 Å². The fraction of sp³-hybridized carbons (Fsp3) is 0.421. The van der Waals surface area contributed by atoms with Crippen LogP contribution in [0.2, 0.25) is 0 Å². The summed E-state index contributed by atoms with van der Waals surface area (Å²) in [6.07, 6.45) is 2.06. The van der Waals surface area contributed by atoms with Crippen molar-refractivity contribution in [2.45, 2.75) is 18.9 Å². The van der Waals surface area contributed by atoms with Crippen molar-refractivity contribution < 1.29 is 4.84 Å². The number of nitrogens with one attached hydrogen (secondary N) is 1. The van der Waals surface area contributed by atoms with Gasteiger partial charge in [-0.3, -0.25) is 14.0 Å². The zero-order chi connectivity index (χ0) is 20.3. The molecule has 9 nitrogen and oxygen atoms in total. The van der Waals surface area contributed by atoms with E-state index < -0.39 is 0 Å². The number of aromatic nitrogens is 2. The number of pyridine rings is 1. The van der Waals surface area contributed by atoms with Crippen molar-refractivity contribution in [3.63, 3.8) is 0 Å². The van der Waals surface area contributed by atoms with Gasteiger partial charge in [0.2, 0.25) is 5.43 Å². The molecule has 0 bridgehead atoms. The molecule has 2 aliphatic rings. The molecule has 1 unspecified atom stereocenters. The van der Waals surface area contributed by atoms with Crippen LogP contribution in [-0.2, 0) is 4.84 Å². The molecule has 0 amide bonds. The van der Waals surface area contributed by atoms with Crippen LogP contribution in [0.3, 0.4) is 0 Å². The largest absolute Gasteiger partial charge is 0.399 e. The van der Waals surface area contributed by atoms with E-state index in [0.29, 0.717) is 41.6 Å². The average Bonchev–Trinajstić information content (AvgIpc) is 3.35. The average molecular weight is 414 g/mol. The molecular formula is C19H22N6O3S. The van der Waals surface area contributed by atoms with Gasteiger partial charge in [-0.05, 0) is 36.5 Å². The number of anilines is 2. The van der Waals surface area contributed by atoms with Crippen LogP contribution < -0.4 is 27.4 Å². The zero-order valence-electron chi connectivity index (χ0n) is 16.0. The molecule has 29 heavy (non-hydrogen) atoms. The standard InChI is InChI=1S/C19H22N6O3S/c1-28-22-13-8-24(7-9(13)6-20)15-5-14-11(4-12(15)21)17(26)16-18(27)23-29-19(16)25(14)10-2-3-10/h4-5,9-10H,2-3,6-8,20-21H2,1H3,(H,23,27)/b22-13-. The number of rotatable bonds is 4. The number of hydrogen-bond acceptors (Lipinski definition) is 8. The Morgan fingerprint density at radius 1 is 1.34 bits per heavy atom. The minimum Gasteiger partial charge on any atom is -0.399 e. The molecule has 1 saturated carbocycles. The number of H-pyrrole nitrogens is 1. The predicted octanol–water partition coefficient (Wildman–Crippen LogP) is 1.22. The number of fused-ring (bicyclic) bond motifs is 2. The lowest BCUT2D eigenvalue weighted by molar-refractivity contribution is 0.211. The number of nitrogens with zero attached hydrogens (tertiary/aromatic N) is 3. The first-order chi connectivity index (χ1) is 14.0. The molecule has 1 atom stereocenters. The van der Waals surface area contributed by atoms with E-state index in [-0.39, 0.29) is 22.3 Å². The van der Waals surface area contributed by atoms with E-state index in [0.717, 1.165) is 29.8 Å². The Morgan fingerprint density at radius 2 is 2.14 bits per heavy atom. The van der Waals surface area contributed by atoms with E-state index in [1.807, 2.05) is 6.07 Å². The molecule has 10 heteroatoms. The first-order valence-electron chi connectivity index (χ1n) is 9.57. The van der Waals surface area contributed by atoms with E-state index in [4.69, 9.17) is 16.3 Å². The third-order valence-corrected chi connectivity index (χ3v) is 6.67.